The van der Waals surface area contributed by atoms with Crippen molar-refractivity contribution >= 4 is 0 Å². The van der Waals surface area contributed by atoms with Gasteiger partial charge in [-0.3, -0.25) is 0 Å². The van der Waals surface area contributed by atoms with E-state index in [9.17, 15) is 0 Å². The predicted molar refractivity (Wildman–Crippen MR) is 78.1 cm³/mol. The molecule has 0 amide bonds. The Morgan fingerprint density at radius 3 is 2.75 bits per heavy atom. The van der Waals surface area contributed by atoms with Crippen LogP contribution in [0.1, 0.15) is 41.9 Å². The summed E-state index contributed by atoms with van der Waals surface area (Å²) in [6.07, 6.45) is 10.9. The summed E-state index contributed by atoms with van der Waals surface area (Å²) in [4.78, 5) is 0. The van der Waals surface area contributed by atoms with Crippen LogP contribution in [0.15, 0.2) is 48.8 Å². The number of benzene rings is 1. The molecule has 0 aliphatic heterocycles. The zero-order chi connectivity index (χ0) is 13.1. The quantitative estimate of drug-likeness (QED) is 0.543. The number of hydrogen-bond acceptors (Lipinski definition) is 0. The maximum Gasteiger partial charge on any atom is 0.171 e. The maximum absolute atomic E-state index is 2.34. The minimum Gasteiger partial charge on any atom is -1.00 e. The van der Waals surface area contributed by atoms with E-state index in [2.05, 4.69) is 60.4 Å². The van der Waals surface area contributed by atoms with Crippen molar-refractivity contribution in [1.82, 2.24) is 0 Å². The monoisotopic (exact) mass is 379 g/mol. The van der Waals surface area contributed by atoms with Gasteiger partial charge in [0.05, 0.1) is 0 Å². The van der Waals surface area contributed by atoms with E-state index < -0.39 is 0 Å². The summed E-state index contributed by atoms with van der Waals surface area (Å²) in [5.74, 6) is 0.755. The first-order valence-corrected chi connectivity index (χ1v) is 7.35. The molecule has 1 heterocycles. The summed E-state index contributed by atoms with van der Waals surface area (Å²) in [5.41, 5.74) is 4.63. The molecule has 1 nitrogen and oxygen atoms in total. The Bertz CT molecular complexity index is 551. The van der Waals surface area contributed by atoms with Crippen LogP contribution in [0.5, 0.6) is 0 Å². The zero-order valence-electron chi connectivity index (χ0n) is 12.1. The smallest absolute Gasteiger partial charge is 0.171 e. The lowest BCUT2D eigenvalue weighted by atomic mass is 9.81. The van der Waals surface area contributed by atoms with Crippen molar-refractivity contribution in [2.45, 2.75) is 38.0 Å². The molecule has 0 N–H and O–H groups in total. The lowest BCUT2D eigenvalue weighted by molar-refractivity contribution is -0.672. The van der Waals surface area contributed by atoms with Crippen LogP contribution in [0.2, 0.25) is 0 Å². The molecule has 0 radical (unpaired) electrons. The number of aryl methyl sites for hydroxylation is 3. The standard InChI is InChI=1S/C18H22N.HI/c1-19-13-12-18-16(8-5-9-17(18)14-19)11-10-15-6-3-2-4-7-15;/h2-4,6-7,12-14,16H,5,8-11H2,1H3;1H/q+1;/p-1. The molecule has 2 heteroatoms. The first-order chi connectivity index (χ1) is 9.33. The predicted octanol–water partition coefficient (Wildman–Crippen LogP) is 0.568. The van der Waals surface area contributed by atoms with Crippen LogP contribution in [0, 0.1) is 0 Å². The fourth-order valence-corrected chi connectivity index (χ4v) is 3.26. The molecule has 1 atom stereocenters. The van der Waals surface area contributed by atoms with Gasteiger partial charge < -0.3 is 24.0 Å². The molecule has 3 rings (SSSR count). The van der Waals surface area contributed by atoms with Gasteiger partial charge in [0.2, 0.25) is 0 Å². The first-order valence-electron chi connectivity index (χ1n) is 7.35. The summed E-state index contributed by atoms with van der Waals surface area (Å²) in [5, 5.41) is 0. The summed E-state index contributed by atoms with van der Waals surface area (Å²) in [6, 6.07) is 13.2. The van der Waals surface area contributed by atoms with Crippen LogP contribution >= 0.6 is 0 Å². The molecule has 0 spiro atoms. The lowest BCUT2D eigenvalue weighted by Gasteiger charge is -2.24. The second-order valence-corrected chi connectivity index (χ2v) is 5.70. The number of halogens is 1. The normalized spacial score (nSPS) is 17.1. The van der Waals surface area contributed by atoms with E-state index in [1.807, 2.05) is 0 Å². The van der Waals surface area contributed by atoms with Crippen LogP contribution in [-0.2, 0) is 19.9 Å². The SMILES string of the molecule is C[n+]1ccc2c(c1)CCCC2CCc1ccccc1.[I-]. The van der Waals surface area contributed by atoms with Gasteiger partial charge in [0.15, 0.2) is 12.4 Å². The Balaban J connectivity index is 0.00000147. The van der Waals surface area contributed by atoms with Gasteiger partial charge >= 0.3 is 0 Å². The van der Waals surface area contributed by atoms with Gasteiger partial charge in [-0.2, -0.15) is 0 Å². The summed E-state index contributed by atoms with van der Waals surface area (Å²) < 4.78 is 2.18. The van der Waals surface area contributed by atoms with Crippen molar-refractivity contribution < 1.29 is 28.5 Å². The minimum absolute atomic E-state index is 0. The number of pyridine rings is 1. The topological polar surface area (TPSA) is 3.88 Å². The first kappa shape index (κ1) is 15.5. The number of aromatic nitrogens is 1. The van der Waals surface area contributed by atoms with Crippen molar-refractivity contribution in [3.05, 3.63) is 65.5 Å². The number of rotatable bonds is 3. The Morgan fingerprint density at radius 2 is 1.95 bits per heavy atom. The third-order valence-corrected chi connectivity index (χ3v) is 4.28. The molecule has 1 aromatic carbocycles. The third kappa shape index (κ3) is 3.60. The molecule has 0 fully saturated rings. The molecule has 0 saturated heterocycles. The fourth-order valence-electron chi connectivity index (χ4n) is 3.26. The molecule has 1 unspecified atom stereocenters. The van der Waals surface area contributed by atoms with Crippen molar-refractivity contribution in [2.24, 2.45) is 7.05 Å². The average Bonchev–Trinajstić information content (AvgIpc) is 2.45. The third-order valence-electron chi connectivity index (χ3n) is 4.28. The van der Waals surface area contributed by atoms with Crippen LogP contribution in [0.25, 0.3) is 0 Å². The molecular formula is C18H22IN. The highest BCUT2D eigenvalue weighted by atomic mass is 127. The second-order valence-electron chi connectivity index (χ2n) is 5.70. The number of fused-ring (bicyclic) bond motifs is 1. The van der Waals surface area contributed by atoms with E-state index in [-0.39, 0.29) is 24.0 Å². The molecule has 1 aromatic heterocycles. The number of hydrogen-bond donors (Lipinski definition) is 0. The summed E-state index contributed by atoms with van der Waals surface area (Å²) in [7, 11) is 2.12. The zero-order valence-corrected chi connectivity index (χ0v) is 14.2. The highest BCUT2D eigenvalue weighted by Gasteiger charge is 2.21. The Labute approximate surface area is 139 Å². The Hall–Kier alpha value is -0.900. The van der Waals surface area contributed by atoms with E-state index in [1.165, 1.54) is 37.7 Å². The van der Waals surface area contributed by atoms with Gasteiger partial charge in [0, 0.05) is 11.6 Å². The van der Waals surface area contributed by atoms with E-state index in [4.69, 9.17) is 0 Å². The molecule has 106 valence electrons. The van der Waals surface area contributed by atoms with E-state index in [0.29, 0.717) is 0 Å². The number of nitrogens with zero attached hydrogens (tertiary/aromatic N) is 1. The van der Waals surface area contributed by atoms with E-state index in [1.54, 1.807) is 11.1 Å². The molecule has 2 aromatic rings. The van der Waals surface area contributed by atoms with Crippen LogP contribution in [0.3, 0.4) is 0 Å². The van der Waals surface area contributed by atoms with Gasteiger partial charge in [-0.05, 0) is 49.1 Å². The van der Waals surface area contributed by atoms with Crippen molar-refractivity contribution in [3.63, 3.8) is 0 Å². The largest absolute Gasteiger partial charge is 1.00 e. The molecule has 1 aliphatic rings. The Morgan fingerprint density at radius 1 is 1.15 bits per heavy atom. The van der Waals surface area contributed by atoms with Crippen molar-refractivity contribution in [3.8, 4) is 0 Å². The van der Waals surface area contributed by atoms with Gasteiger partial charge in [0.1, 0.15) is 7.05 Å². The molecule has 1 aliphatic carbocycles. The second kappa shape index (κ2) is 7.21. The highest BCUT2D eigenvalue weighted by Crippen LogP contribution is 2.33. The minimum atomic E-state index is 0. The van der Waals surface area contributed by atoms with Gasteiger partial charge in [-0.15, -0.1) is 0 Å². The summed E-state index contributed by atoms with van der Waals surface area (Å²) >= 11 is 0. The summed E-state index contributed by atoms with van der Waals surface area (Å²) in [6.45, 7) is 0. The van der Waals surface area contributed by atoms with E-state index in [0.717, 1.165) is 5.92 Å². The highest BCUT2D eigenvalue weighted by molar-refractivity contribution is 5.28. The maximum atomic E-state index is 2.34. The molecule has 0 saturated carbocycles. The van der Waals surface area contributed by atoms with Crippen molar-refractivity contribution in [2.75, 3.05) is 0 Å². The van der Waals surface area contributed by atoms with Crippen LogP contribution in [-0.4, -0.2) is 0 Å². The fraction of sp³-hybridized carbons (Fsp3) is 0.389. The van der Waals surface area contributed by atoms with Crippen molar-refractivity contribution in [1.29, 1.82) is 0 Å². The van der Waals surface area contributed by atoms with Gasteiger partial charge in [0.25, 0.3) is 0 Å². The Kier molecular flexibility index (Phi) is 5.58. The molecular weight excluding hydrogens is 357 g/mol. The average molecular weight is 379 g/mol. The molecule has 0 bridgehead atoms. The lowest BCUT2D eigenvalue weighted by Crippen LogP contribution is -3.00. The van der Waals surface area contributed by atoms with Crippen LogP contribution < -0.4 is 28.5 Å². The van der Waals surface area contributed by atoms with Gasteiger partial charge in [-0.25, -0.2) is 4.57 Å². The van der Waals surface area contributed by atoms with Crippen LogP contribution in [0.4, 0.5) is 0 Å². The molecule has 20 heavy (non-hydrogen) atoms. The van der Waals surface area contributed by atoms with E-state index >= 15 is 0 Å². The van der Waals surface area contributed by atoms with Gasteiger partial charge in [-0.1, -0.05) is 30.3 Å².